The molecule has 0 amide bonds. The Bertz CT molecular complexity index is 1410. The lowest BCUT2D eigenvalue weighted by Crippen LogP contribution is -2.43. The molecule has 0 saturated heterocycles. The van der Waals surface area contributed by atoms with E-state index in [1.165, 1.54) is 10.5 Å². The minimum atomic E-state index is -3.94. The summed E-state index contributed by atoms with van der Waals surface area (Å²) in [6, 6.07) is 16.3. The summed E-state index contributed by atoms with van der Waals surface area (Å²) in [6.45, 7) is 0.304. The number of aromatic nitrogens is 1. The van der Waals surface area contributed by atoms with Crippen LogP contribution in [-0.2, 0) is 14.9 Å². The van der Waals surface area contributed by atoms with Crippen molar-refractivity contribution in [3.05, 3.63) is 72.1 Å². The fraction of sp³-hybridized carbons (Fsp3) is 0.208. The van der Waals surface area contributed by atoms with Crippen molar-refractivity contribution in [3.8, 4) is 28.7 Å². The Balaban J connectivity index is 1.44. The molecule has 2 aliphatic heterocycles. The van der Waals surface area contributed by atoms with Crippen molar-refractivity contribution in [2.45, 2.75) is 11.9 Å². The Labute approximate surface area is 196 Å². The van der Waals surface area contributed by atoms with Crippen molar-refractivity contribution in [2.75, 3.05) is 24.6 Å². The molecule has 34 heavy (non-hydrogen) atoms. The number of benzene rings is 2. The van der Waals surface area contributed by atoms with E-state index in [4.69, 9.17) is 19.6 Å². The molecule has 3 aromatic rings. The van der Waals surface area contributed by atoms with E-state index in [-0.39, 0.29) is 19.6 Å². The molecule has 5 rings (SSSR count). The van der Waals surface area contributed by atoms with Gasteiger partial charge in [-0.15, -0.1) is 0 Å². The lowest BCUT2D eigenvalue weighted by molar-refractivity contribution is 0.139. The van der Waals surface area contributed by atoms with Crippen molar-refractivity contribution in [1.29, 1.82) is 5.26 Å². The third kappa shape index (κ3) is 3.80. The normalized spacial score (nSPS) is 17.1. The van der Waals surface area contributed by atoms with Crippen LogP contribution in [0.2, 0.25) is 0 Å². The van der Waals surface area contributed by atoms with Crippen LogP contribution in [0.4, 0.5) is 5.69 Å². The molecule has 1 unspecified atom stereocenters. The summed E-state index contributed by atoms with van der Waals surface area (Å²) in [5.74, 6) is 1.07. The quantitative estimate of drug-likeness (QED) is 0.555. The van der Waals surface area contributed by atoms with Gasteiger partial charge in [0.1, 0.15) is 18.0 Å². The topological polar surface area (TPSA) is 114 Å². The highest BCUT2D eigenvalue weighted by atomic mass is 32.2. The van der Waals surface area contributed by atoms with Crippen LogP contribution in [-0.4, -0.2) is 44.8 Å². The van der Waals surface area contributed by atoms with Gasteiger partial charge >= 0.3 is 0 Å². The lowest BCUT2D eigenvalue weighted by atomic mass is 10.0. The van der Waals surface area contributed by atoms with E-state index in [9.17, 15) is 8.42 Å². The molecule has 3 heterocycles. The van der Waals surface area contributed by atoms with Gasteiger partial charge < -0.3 is 14.3 Å². The smallest absolute Gasteiger partial charge is 0.276 e. The molecular formula is C24H20N4O5S. The van der Waals surface area contributed by atoms with Gasteiger partial charge in [-0.3, -0.25) is 9.29 Å². The minimum absolute atomic E-state index is 0.102. The summed E-state index contributed by atoms with van der Waals surface area (Å²) in [5.41, 5.74) is 2.38. The second-order valence-corrected chi connectivity index (χ2v) is 9.70. The fourth-order valence-electron chi connectivity index (χ4n) is 3.94. The number of nitriles is 1. The SMILES string of the molecule is COc1cccc(C2=NOC(S(=O)(=O)N3CCOc4c(-c5ccc(C#N)cc5)cncc43)C2)c1. The number of nitrogens with zero attached hydrogens (tertiary/aromatic N) is 4. The second kappa shape index (κ2) is 8.68. The number of pyridine rings is 1. The molecule has 2 aromatic carbocycles. The van der Waals surface area contributed by atoms with Crippen molar-refractivity contribution >= 4 is 21.4 Å². The Hall–Kier alpha value is -4.10. The van der Waals surface area contributed by atoms with E-state index < -0.39 is 15.5 Å². The van der Waals surface area contributed by atoms with Gasteiger partial charge in [0, 0.05) is 17.3 Å². The van der Waals surface area contributed by atoms with Gasteiger partial charge in [0.15, 0.2) is 5.75 Å². The molecule has 0 N–H and O–H groups in total. The summed E-state index contributed by atoms with van der Waals surface area (Å²) in [4.78, 5) is 9.65. The first-order chi connectivity index (χ1) is 16.5. The van der Waals surface area contributed by atoms with Gasteiger partial charge in [0.25, 0.3) is 15.5 Å². The lowest BCUT2D eigenvalue weighted by Gasteiger charge is -2.32. The number of anilines is 1. The number of hydrogen-bond donors (Lipinski definition) is 0. The summed E-state index contributed by atoms with van der Waals surface area (Å²) < 4.78 is 39.5. The molecular weight excluding hydrogens is 456 g/mol. The Kier molecular flexibility index (Phi) is 5.55. The Morgan fingerprint density at radius 3 is 2.74 bits per heavy atom. The Morgan fingerprint density at radius 2 is 1.97 bits per heavy atom. The van der Waals surface area contributed by atoms with E-state index in [1.54, 1.807) is 49.7 Å². The minimum Gasteiger partial charge on any atom is -0.497 e. The van der Waals surface area contributed by atoms with Gasteiger partial charge in [-0.2, -0.15) is 5.26 Å². The molecule has 0 saturated carbocycles. The van der Waals surface area contributed by atoms with E-state index in [2.05, 4.69) is 16.2 Å². The van der Waals surface area contributed by atoms with Crippen LogP contribution in [0.15, 0.2) is 66.1 Å². The second-order valence-electron chi connectivity index (χ2n) is 7.70. The summed E-state index contributed by atoms with van der Waals surface area (Å²) in [5, 5.41) is 13.1. The first-order valence-electron chi connectivity index (χ1n) is 10.5. The standard InChI is InChI=1S/C24H20N4O5S/c1-31-19-4-2-3-18(11-19)21-12-23(33-27-21)34(29,30)28-9-10-32-24-20(14-26-15-22(24)28)17-7-5-16(13-25)6-8-17/h2-8,11,14-15,23H,9-10,12H2,1H3. The van der Waals surface area contributed by atoms with Crippen LogP contribution in [0.5, 0.6) is 11.5 Å². The van der Waals surface area contributed by atoms with Crippen molar-refractivity contribution < 1.29 is 22.7 Å². The van der Waals surface area contributed by atoms with Gasteiger partial charge in [-0.1, -0.05) is 29.4 Å². The molecule has 0 spiro atoms. The molecule has 10 heteroatoms. The van der Waals surface area contributed by atoms with Crippen molar-refractivity contribution in [2.24, 2.45) is 5.16 Å². The first kappa shape index (κ1) is 21.7. The molecule has 1 atom stereocenters. The first-order valence-corrected chi connectivity index (χ1v) is 12.0. The number of methoxy groups -OCH3 is 1. The molecule has 9 nitrogen and oxygen atoms in total. The number of sulfonamides is 1. The average Bonchev–Trinajstić information content (AvgIpc) is 3.39. The highest BCUT2D eigenvalue weighted by Gasteiger charge is 2.41. The highest BCUT2D eigenvalue weighted by Crippen LogP contribution is 2.42. The maximum atomic E-state index is 13.6. The average molecular weight is 477 g/mol. The zero-order valence-corrected chi connectivity index (χ0v) is 19.0. The maximum Gasteiger partial charge on any atom is 0.276 e. The van der Waals surface area contributed by atoms with Crippen molar-refractivity contribution in [1.82, 2.24) is 4.98 Å². The monoisotopic (exact) mass is 476 g/mol. The molecule has 172 valence electrons. The number of hydrogen-bond acceptors (Lipinski definition) is 8. The number of fused-ring (bicyclic) bond motifs is 1. The number of rotatable bonds is 5. The van der Waals surface area contributed by atoms with Crippen molar-refractivity contribution in [3.63, 3.8) is 0 Å². The molecule has 0 fully saturated rings. The predicted octanol–water partition coefficient (Wildman–Crippen LogP) is 3.31. The van der Waals surface area contributed by atoms with Gasteiger partial charge in [-0.05, 0) is 29.8 Å². The van der Waals surface area contributed by atoms with Crippen LogP contribution in [0.1, 0.15) is 17.5 Å². The zero-order chi connectivity index (χ0) is 23.7. The molecule has 0 radical (unpaired) electrons. The van der Waals surface area contributed by atoms with Gasteiger partial charge in [-0.25, -0.2) is 8.42 Å². The van der Waals surface area contributed by atoms with Crippen LogP contribution < -0.4 is 13.8 Å². The van der Waals surface area contributed by atoms with E-state index >= 15 is 0 Å². The van der Waals surface area contributed by atoms with E-state index in [0.717, 1.165) is 11.1 Å². The van der Waals surface area contributed by atoms with E-state index in [0.29, 0.717) is 34.0 Å². The highest BCUT2D eigenvalue weighted by molar-refractivity contribution is 7.93. The maximum absolute atomic E-state index is 13.6. The summed E-state index contributed by atoms with van der Waals surface area (Å²) in [7, 11) is -2.37. The largest absolute Gasteiger partial charge is 0.497 e. The van der Waals surface area contributed by atoms with Gasteiger partial charge in [0.2, 0.25) is 0 Å². The number of ether oxygens (including phenoxy) is 2. The fourth-order valence-corrected chi connectivity index (χ4v) is 5.48. The molecule has 0 aliphatic carbocycles. The summed E-state index contributed by atoms with van der Waals surface area (Å²) in [6.07, 6.45) is 3.19. The Morgan fingerprint density at radius 1 is 1.15 bits per heavy atom. The third-order valence-corrected chi connectivity index (χ3v) is 7.61. The van der Waals surface area contributed by atoms with Crippen LogP contribution >= 0.6 is 0 Å². The van der Waals surface area contributed by atoms with E-state index in [1.807, 2.05) is 12.1 Å². The predicted molar refractivity (Wildman–Crippen MR) is 125 cm³/mol. The zero-order valence-electron chi connectivity index (χ0n) is 18.2. The molecule has 2 aliphatic rings. The van der Waals surface area contributed by atoms with Crippen LogP contribution in [0.3, 0.4) is 0 Å². The molecule has 0 bridgehead atoms. The third-order valence-electron chi connectivity index (χ3n) is 5.70. The summed E-state index contributed by atoms with van der Waals surface area (Å²) >= 11 is 0. The van der Waals surface area contributed by atoms with Gasteiger partial charge in [0.05, 0.1) is 43.6 Å². The molecule has 1 aromatic heterocycles. The van der Waals surface area contributed by atoms with Crippen LogP contribution in [0.25, 0.3) is 11.1 Å². The van der Waals surface area contributed by atoms with Crippen LogP contribution in [0, 0.1) is 11.3 Å². The number of oxime groups is 1.